The molecule has 0 aliphatic carbocycles. The standard InChI is InChI=1S/C10H14ClN/c1-3-8(4-2)10-6-5-9(11)7-12-10/h5-8H,3-4H2,1-2H3. The van der Waals surface area contributed by atoms with Crippen molar-refractivity contribution in [3.63, 3.8) is 0 Å². The number of pyridine rings is 1. The fraction of sp³-hybridized carbons (Fsp3) is 0.500. The zero-order valence-corrected chi connectivity index (χ0v) is 8.30. The van der Waals surface area contributed by atoms with Gasteiger partial charge in [0.25, 0.3) is 0 Å². The molecule has 0 N–H and O–H groups in total. The molecule has 0 bridgehead atoms. The third kappa shape index (κ3) is 2.21. The van der Waals surface area contributed by atoms with Crippen LogP contribution in [0, 0.1) is 0 Å². The summed E-state index contributed by atoms with van der Waals surface area (Å²) >= 11 is 5.74. The second kappa shape index (κ2) is 4.46. The minimum atomic E-state index is 0.585. The average molecular weight is 184 g/mol. The molecule has 0 spiro atoms. The Bertz CT molecular complexity index is 226. The number of aromatic nitrogens is 1. The quantitative estimate of drug-likeness (QED) is 0.698. The molecule has 0 aliphatic heterocycles. The Morgan fingerprint density at radius 2 is 2.00 bits per heavy atom. The highest BCUT2D eigenvalue weighted by atomic mass is 35.5. The first kappa shape index (κ1) is 9.53. The molecule has 1 nitrogen and oxygen atoms in total. The predicted molar refractivity (Wildman–Crippen MR) is 52.6 cm³/mol. The normalized spacial score (nSPS) is 10.7. The van der Waals surface area contributed by atoms with E-state index in [-0.39, 0.29) is 0 Å². The zero-order valence-electron chi connectivity index (χ0n) is 7.55. The third-order valence-electron chi connectivity index (χ3n) is 2.15. The Hall–Kier alpha value is -0.560. The van der Waals surface area contributed by atoms with Crippen LogP contribution in [0.4, 0.5) is 0 Å². The van der Waals surface area contributed by atoms with E-state index in [1.54, 1.807) is 6.20 Å². The smallest absolute Gasteiger partial charge is 0.0589 e. The fourth-order valence-electron chi connectivity index (χ4n) is 1.34. The fourth-order valence-corrected chi connectivity index (χ4v) is 1.45. The molecule has 12 heavy (non-hydrogen) atoms. The lowest BCUT2D eigenvalue weighted by molar-refractivity contribution is 0.623. The van der Waals surface area contributed by atoms with Crippen molar-refractivity contribution in [2.75, 3.05) is 0 Å². The average Bonchev–Trinajstić information content (AvgIpc) is 2.10. The summed E-state index contributed by atoms with van der Waals surface area (Å²) in [5.74, 6) is 0.585. The SMILES string of the molecule is CCC(CC)c1ccc(Cl)cn1. The first-order valence-corrected chi connectivity index (χ1v) is 4.77. The van der Waals surface area contributed by atoms with Crippen LogP contribution in [0.5, 0.6) is 0 Å². The van der Waals surface area contributed by atoms with Crippen molar-refractivity contribution in [1.29, 1.82) is 0 Å². The molecule has 0 saturated heterocycles. The number of rotatable bonds is 3. The van der Waals surface area contributed by atoms with Crippen molar-refractivity contribution in [2.45, 2.75) is 32.6 Å². The molecule has 1 heterocycles. The van der Waals surface area contributed by atoms with Crippen LogP contribution in [-0.2, 0) is 0 Å². The summed E-state index contributed by atoms with van der Waals surface area (Å²) in [5, 5.41) is 0.713. The molecule has 0 saturated carbocycles. The molecule has 0 atom stereocenters. The minimum absolute atomic E-state index is 0.585. The largest absolute Gasteiger partial charge is 0.259 e. The Morgan fingerprint density at radius 1 is 1.33 bits per heavy atom. The minimum Gasteiger partial charge on any atom is -0.259 e. The van der Waals surface area contributed by atoms with Crippen LogP contribution in [0.3, 0.4) is 0 Å². The lowest BCUT2D eigenvalue weighted by Crippen LogP contribution is -1.97. The molecule has 1 aromatic rings. The van der Waals surface area contributed by atoms with Gasteiger partial charge >= 0.3 is 0 Å². The Labute approximate surface area is 78.8 Å². The van der Waals surface area contributed by atoms with Gasteiger partial charge in [0.2, 0.25) is 0 Å². The van der Waals surface area contributed by atoms with Gasteiger partial charge in [0, 0.05) is 17.8 Å². The van der Waals surface area contributed by atoms with Crippen LogP contribution < -0.4 is 0 Å². The summed E-state index contributed by atoms with van der Waals surface area (Å²) in [6, 6.07) is 3.92. The second-order valence-corrected chi connectivity index (χ2v) is 3.35. The van der Waals surface area contributed by atoms with Gasteiger partial charge in [-0.2, -0.15) is 0 Å². The third-order valence-corrected chi connectivity index (χ3v) is 2.38. The Balaban J connectivity index is 2.80. The lowest BCUT2D eigenvalue weighted by atomic mass is 9.99. The van der Waals surface area contributed by atoms with Crippen LogP contribution in [0.25, 0.3) is 0 Å². The van der Waals surface area contributed by atoms with Gasteiger partial charge in [-0.05, 0) is 25.0 Å². The Morgan fingerprint density at radius 3 is 2.42 bits per heavy atom. The van der Waals surface area contributed by atoms with Gasteiger partial charge in [0.1, 0.15) is 0 Å². The maximum Gasteiger partial charge on any atom is 0.0589 e. The van der Waals surface area contributed by atoms with Crippen molar-refractivity contribution in [3.05, 3.63) is 29.0 Å². The number of hydrogen-bond acceptors (Lipinski definition) is 1. The van der Waals surface area contributed by atoms with Gasteiger partial charge in [-0.1, -0.05) is 25.4 Å². The molecule has 0 fully saturated rings. The maximum atomic E-state index is 5.74. The molecule has 2 heteroatoms. The zero-order chi connectivity index (χ0) is 8.97. The summed E-state index contributed by atoms with van der Waals surface area (Å²) in [6.07, 6.45) is 4.01. The van der Waals surface area contributed by atoms with Crippen molar-refractivity contribution in [3.8, 4) is 0 Å². The lowest BCUT2D eigenvalue weighted by Gasteiger charge is -2.10. The molecule has 0 aliphatic rings. The molecule has 1 aromatic heterocycles. The highest BCUT2D eigenvalue weighted by Crippen LogP contribution is 2.21. The topological polar surface area (TPSA) is 12.9 Å². The summed E-state index contributed by atoms with van der Waals surface area (Å²) in [6.45, 7) is 4.37. The molecule has 0 amide bonds. The first-order chi connectivity index (χ1) is 5.77. The van der Waals surface area contributed by atoms with Crippen molar-refractivity contribution >= 4 is 11.6 Å². The van der Waals surface area contributed by atoms with Gasteiger partial charge in [0.15, 0.2) is 0 Å². The molecular weight excluding hydrogens is 170 g/mol. The van der Waals surface area contributed by atoms with Gasteiger partial charge in [0.05, 0.1) is 5.02 Å². The van der Waals surface area contributed by atoms with E-state index in [9.17, 15) is 0 Å². The molecule has 0 radical (unpaired) electrons. The molecule has 0 aromatic carbocycles. The van der Waals surface area contributed by atoms with Crippen LogP contribution in [-0.4, -0.2) is 4.98 Å². The number of halogens is 1. The number of nitrogens with zero attached hydrogens (tertiary/aromatic N) is 1. The monoisotopic (exact) mass is 183 g/mol. The van der Waals surface area contributed by atoms with Crippen molar-refractivity contribution in [2.24, 2.45) is 0 Å². The van der Waals surface area contributed by atoms with E-state index in [1.807, 2.05) is 12.1 Å². The molecular formula is C10H14ClN. The second-order valence-electron chi connectivity index (χ2n) is 2.91. The van der Waals surface area contributed by atoms with E-state index >= 15 is 0 Å². The van der Waals surface area contributed by atoms with E-state index in [0.29, 0.717) is 10.9 Å². The van der Waals surface area contributed by atoms with E-state index < -0.39 is 0 Å². The van der Waals surface area contributed by atoms with Gasteiger partial charge < -0.3 is 0 Å². The highest BCUT2D eigenvalue weighted by Gasteiger charge is 2.06. The van der Waals surface area contributed by atoms with Crippen LogP contribution in [0.15, 0.2) is 18.3 Å². The van der Waals surface area contributed by atoms with Gasteiger partial charge in [-0.3, -0.25) is 4.98 Å². The van der Waals surface area contributed by atoms with Gasteiger partial charge in [-0.15, -0.1) is 0 Å². The van der Waals surface area contributed by atoms with E-state index in [2.05, 4.69) is 18.8 Å². The van der Waals surface area contributed by atoms with Crippen LogP contribution >= 0.6 is 11.6 Å². The molecule has 66 valence electrons. The first-order valence-electron chi connectivity index (χ1n) is 4.39. The highest BCUT2D eigenvalue weighted by molar-refractivity contribution is 6.30. The summed E-state index contributed by atoms with van der Waals surface area (Å²) in [7, 11) is 0. The number of hydrogen-bond donors (Lipinski definition) is 0. The summed E-state index contributed by atoms with van der Waals surface area (Å²) in [4.78, 5) is 4.29. The Kier molecular flexibility index (Phi) is 3.54. The molecule has 0 unspecified atom stereocenters. The van der Waals surface area contributed by atoms with Crippen LogP contribution in [0.2, 0.25) is 5.02 Å². The van der Waals surface area contributed by atoms with E-state index in [0.717, 1.165) is 18.5 Å². The van der Waals surface area contributed by atoms with E-state index in [1.165, 1.54) is 0 Å². The molecule has 1 rings (SSSR count). The summed E-state index contributed by atoms with van der Waals surface area (Å²) in [5.41, 5.74) is 1.16. The van der Waals surface area contributed by atoms with E-state index in [4.69, 9.17) is 11.6 Å². The summed E-state index contributed by atoms with van der Waals surface area (Å²) < 4.78 is 0. The predicted octanol–water partition coefficient (Wildman–Crippen LogP) is 3.64. The van der Waals surface area contributed by atoms with Crippen LogP contribution in [0.1, 0.15) is 38.3 Å². The van der Waals surface area contributed by atoms with Crippen molar-refractivity contribution < 1.29 is 0 Å². The maximum absolute atomic E-state index is 5.74. The van der Waals surface area contributed by atoms with Crippen molar-refractivity contribution in [1.82, 2.24) is 4.98 Å². The van der Waals surface area contributed by atoms with Gasteiger partial charge in [-0.25, -0.2) is 0 Å².